The maximum atomic E-state index is 4.77. The van der Waals surface area contributed by atoms with Gasteiger partial charge in [-0.05, 0) is 36.5 Å². The lowest BCUT2D eigenvalue weighted by Crippen LogP contribution is -2.37. The zero-order valence-electron chi connectivity index (χ0n) is 11.6. The Hall–Kier alpha value is -2.42. The Morgan fingerprint density at radius 3 is 2.30 bits per heavy atom. The van der Waals surface area contributed by atoms with Crippen molar-refractivity contribution >= 4 is 27.3 Å². The van der Waals surface area contributed by atoms with Gasteiger partial charge in [0.05, 0.1) is 5.39 Å². The van der Waals surface area contributed by atoms with Gasteiger partial charge in [-0.15, -0.1) is 4.68 Å². The summed E-state index contributed by atoms with van der Waals surface area (Å²) in [5.41, 5.74) is 2.22. The van der Waals surface area contributed by atoms with Gasteiger partial charge in [0.2, 0.25) is 0 Å². The second-order valence-electron chi connectivity index (χ2n) is 5.45. The molecule has 4 rings (SSSR count). The number of aromatic nitrogens is 3. The SMILES string of the molecule is CC(C)[n+]1cn2c3ccccc3c3ccccc3c2n1. The Morgan fingerprint density at radius 2 is 1.55 bits per heavy atom. The highest BCUT2D eigenvalue weighted by Gasteiger charge is 2.18. The van der Waals surface area contributed by atoms with E-state index < -0.39 is 0 Å². The molecule has 0 radical (unpaired) electrons. The third-order valence-corrected chi connectivity index (χ3v) is 3.82. The summed E-state index contributed by atoms with van der Waals surface area (Å²) in [4.78, 5) is 0. The van der Waals surface area contributed by atoms with Crippen LogP contribution in [0.3, 0.4) is 0 Å². The highest BCUT2D eigenvalue weighted by molar-refractivity contribution is 6.11. The van der Waals surface area contributed by atoms with E-state index >= 15 is 0 Å². The van der Waals surface area contributed by atoms with Crippen molar-refractivity contribution in [2.75, 3.05) is 0 Å². The molecule has 0 amide bonds. The number of hydrogen-bond acceptors (Lipinski definition) is 1. The lowest BCUT2D eigenvalue weighted by Gasteiger charge is -2.01. The minimum atomic E-state index is 0.354. The Bertz CT molecular complexity index is 862. The van der Waals surface area contributed by atoms with Crippen LogP contribution in [-0.2, 0) is 0 Å². The molecule has 0 spiro atoms. The third-order valence-electron chi connectivity index (χ3n) is 3.82. The van der Waals surface area contributed by atoms with Crippen LogP contribution in [0.15, 0.2) is 54.9 Å². The van der Waals surface area contributed by atoms with E-state index in [2.05, 4.69) is 73.1 Å². The van der Waals surface area contributed by atoms with Gasteiger partial charge >= 0.3 is 0 Å². The summed E-state index contributed by atoms with van der Waals surface area (Å²) in [6.07, 6.45) is 2.09. The number of pyridine rings is 1. The molecule has 0 atom stereocenters. The summed E-state index contributed by atoms with van der Waals surface area (Å²) >= 11 is 0. The van der Waals surface area contributed by atoms with Crippen LogP contribution in [0.25, 0.3) is 27.3 Å². The largest absolute Gasteiger partial charge is 0.273 e. The van der Waals surface area contributed by atoms with Gasteiger partial charge in [0, 0.05) is 5.39 Å². The standard InChI is InChI=1S/C17H16N3/c1-12(2)20-11-19-16-10-6-5-8-14(16)13-7-3-4-9-15(13)17(19)18-20/h3-12H,1-2H3/q+1. The van der Waals surface area contributed by atoms with E-state index in [9.17, 15) is 0 Å². The summed E-state index contributed by atoms with van der Waals surface area (Å²) < 4.78 is 4.21. The number of fused-ring (bicyclic) bond motifs is 6. The Labute approximate surface area is 117 Å². The van der Waals surface area contributed by atoms with Crippen molar-refractivity contribution in [3.63, 3.8) is 0 Å². The van der Waals surface area contributed by atoms with Crippen molar-refractivity contribution in [3.05, 3.63) is 54.9 Å². The molecular formula is C17H16N3+. The van der Waals surface area contributed by atoms with Crippen LogP contribution in [0.1, 0.15) is 19.9 Å². The second-order valence-corrected chi connectivity index (χ2v) is 5.45. The maximum Gasteiger partial charge on any atom is 0.273 e. The molecule has 0 saturated heterocycles. The summed E-state index contributed by atoms with van der Waals surface area (Å²) in [7, 11) is 0. The molecule has 98 valence electrons. The summed E-state index contributed by atoms with van der Waals surface area (Å²) in [6.45, 7) is 4.30. The predicted molar refractivity (Wildman–Crippen MR) is 80.8 cm³/mol. The smallest absolute Gasteiger partial charge is 0.177 e. The first-order chi connectivity index (χ1) is 9.75. The number of para-hydroxylation sites is 1. The van der Waals surface area contributed by atoms with Gasteiger partial charge in [-0.3, -0.25) is 0 Å². The Balaban J connectivity index is 2.32. The molecule has 3 nitrogen and oxygen atoms in total. The zero-order chi connectivity index (χ0) is 13.7. The van der Waals surface area contributed by atoms with Gasteiger partial charge in [0.25, 0.3) is 12.0 Å². The van der Waals surface area contributed by atoms with Crippen molar-refractivity contribution in [1.29, 1.82) is 0 Å². The minimum Gasteiger partial charge on any atom is -0.177 e. The van der Waals surface area contributed by atoms with Gasteiger partial charge in [-0.1, -0.05) is 36.4 Å². The lowest BCUT2D eigenvalue weighted by molar-refractivity contribution is -0.767. The number of hydrogen-bond donors (Lipinski definition) is 0. The summed E-state index contributed by atoms with van der Waals surface area (Å²) in [5.74, 6) is 0. The number of rotatable bonds is 1. The quantitative estimate of drug-likeness (QED) is 0.380. The monoisotopic (exact) mass is 262 g/mol. The molecule has 0 aliphatic carbocycles. The van der Waals surface area contributed by atoms with Gasteiger partial charge in [-0.25, -0.2) is 0 Å². The molecule has 2 aromatic carbocycles. The van der Waals surface area contributed by atoms with Crippen molar-refractivity contribution in [2.45, 2.75) is 19.9 Å². The first-order valence-corrected chi connectivity index (χ1v) is 6.95. The fraction of sp³-hybridized carbons (Fsp3) is 0.176. The molecule has 4 aromatic rings. The molecule has 2 aromatic heterocycles. The topological polar surface area (TPSA) is 21.2 Å². The summed E-state index contributed by atoms with van der Waals surface area (Å²) in [6, 6.07) is 17.3. The Kier molecular flexibility index (Phi) is 2.30. The molecular weight excluding hydrogens is 246 g/mol. The fourth-order valence-corrected chi connectivity index (χ4v) is 2.79. The van der Waals surface area contributed by atoms with Crippen LogP contribution in [0.4, 0.5) is 0 Å². The molecule has 0 saturated carbocycles. The molecule has 0 aliphatic heterocycles. The minimum absolute atomic E-state index is 0.354. The third kappa shape index (κ3) is 1.46. The summed E-state index contributed by atoms with van der Waals surface area (Å²) in [5, 5.41) is 8.50. The fourth-order valence-electron chi connectivity index (χ4n) is 2.79. The van der Waals surface area contributed by atoms with Gasteiger partial charge in [0.1, 0.15) is 11.6 Å². The molecule has 0 aliphatic rings. The molecule has 0 unspecified atom stereocenters. The zero-order valence-corrected chi connectivity index (χ0v) is 11.6. The lowest BCUT2D eigenvalue weighted by atomic mass is 10.1. The van der Waals surface area contributed by atoms with Crippen molar-refractivity contribution in [3.8, 4) is 0 Å². The maximum absolute atomic E-state index is 4.77. The van der Waals surface area contributed by atoms with E-state index in [1.54, 1.807) is 0 Å². The van der Waals surface area contributed by atoms with Gasteiger partial charge in [0.15, 0.2) is 0 Å². The molecule has 3 heteroatoms. The van der Waals surface area contributed by atoms with E-state index in [4.69, 9.17) is 5.10 Å². The average Bonchev–Trinajstić information content (AvgIpc) is 2.93. The first kappa shape index (κ1) is 11.4. The molecule has 2 heterocycles. The highest BCUT2D eigenvalue weighted by atomic mass is 15.4. The van der Waals surface area contributed by atoms with Crippen molar-refractivity contribution < 1.29 is 4.68 Å². The predicted octanol–water partition coefficient (Wildman–Crippen LogP) is 3.51. The van der Waals surface area contributed by atoms with Crippen LogP contribution in [0.5, 0.6) is 0 Å². The molecule has 0 bridgehead atoms. The highest BCUT2D eigenvalue weighted by Crippen LogP contribution is 2.27. The van der Waals surface area contributed by atoms with E-state index in [1.807, 2.05) is 4.68 Å². The van der Waals surface area contributed by atoms with Crippen LogP contribution in [0.2, 0.25) is 0 Å². The van der Waals surface area contributed by atoms with E-state index in [-0.39, 0.29) is 0 Å². The number of nitrogens with zero attached hydrogens (tertiary/aromatic N) is 3. The van der Waals surface area contributed by atoms with Crippen molar-refractivity contribution in [1.82, 2.24) is 9.50 Å². The first-order valence-electron chi connectivity index (χ1n) is 6.95. The van der Waals surface area contributed by atoms with Crippen molar-refractivity contribution in [2.24, 2.45) is 0 Å². The van der Waals surface area contributed by atoms with Crippen LogP contribution >= 0.6 is 0 Å². The van der Waals surface area contributed by atoms with E-state index in [1.165, 1.54) is 21.7 Å². The van der Waals surface area contributed by atoms with Gasteiger partial charge < -0.3 is 0 Å². The molecule has 0 N–H and O–H groups in total. The Morgan fingerprint density at radius 1 is 0.900 bits per heavy atom. The van der Waals surface area contributed by atoms with Crippen LogP contribution < -0.4 is 4.68 Å². The number of benzene rings is 2. The average molecular weight is 262 g/mol. The normalized spacial score (nSPS) is 11.9. The second kappa shape index (κ2) is 4.04. The van der Waals surface area contributed by atoms with Gasteiger partial charge in [-0.2, -0.15) is 4.40 Å². The van der Waals surface area contributed by atoms with E-state index in [0.29, 0.717) is 6.04 Å². The van der Waals surface area contributed by atoms with Crippen LogP contribution in [0, 0.1) is 0 Å². The van der Waals surface area contributed by atoms with Crippen LogP contribution in [-0.4, -0.2) is 9.50 Å². The molecule has 0 fully saturated rings. The van der Waals surface area contributed by atoms with E-state index in [0.717, 1.165) is 5.65 Å². The molecule has 20 heavy (non-hydrogen) atoms.